The number of aliphatic imine (C=N–C) groups is 1. The molecule has 8 heteroatoms. The predicted molar refractivity (Wildman–Crippen MR) is 119 cm³/mol. The van der Waals surface area contributed by atoms with Crippen LogP contribution in [0.4, 0.5) is 0 Å². The molecule has 1 fully saturated rings. The van der Waals surface area contributed by atoms with E-state index in [1.165, 1.54) is 5.56 Å². The van der Waals surface area contributed by atoms with Gasteiger partial charge in [0.25, 0.3) is 0 Å². The van der Waals surface area contributed by atoms with E-state index in [0.29, 0.717) is 32.2 Å². The lowest BCUT2D eigenvalue weighted by Crippen LogP contribution is -2.50. The summed E-state index contributed by atoms with van der Waals surface area (Å²) in [4.78, 5) is 4.62. The molecule has 1 aliphatic heterocycles. The number of hydrogen-bond donors (Lipinski definition) is 2. The monoisotopic (exact) mass is 424 g/mol. The molecule has 1 aromatic carbocycles. The van der Waals surface area contributed by atoms with Crippen LogP contribution < -0.4 is 15.4 Å². The minimum Gasteiger partial charge on any atom is -0.491 e. The summed E-state index contributed by atoms with van der Waals surface area (Å²) in [6.07, 6.45) is 1.56. The van der Waals surface area contributed by atoms with Crippen LogP contribution in [0.2, 0.25) is 0 Å². The van der Waals surface area contributed by atoms with E-state index in [9.17, 15) is 8.42 Å². The van der Waals surface area contributed by atoms with Crippen LogP contribution >= 0.6 is 0 Å². The fourth-order valence-corrected chi connectivity index (χ4v) is 4.51. The van der Waals surface area contributed by atoms with Crippen LogP contribution in [-0.4, -0.2) is 63.3 Å². The molecular formula is C21H36N4O3S. The molecule has 0 saturated carbocycles. The van der Waals surface area contributed by atoms with Gasteiger partial charge in [0.05, 0.1) is 12.3 Å². The number of para-hydroxylation sites is 1. The molecule has 7 nitrogen and oxygen atoms in total. The van der Waals surface area contributed by atoms with E-state index in [-0.39, 0.29) is 11.8 Å². The van der Waals surface area contributed by atoms with Crippen molar-refractivity contribution in [2.45, 2.75) is 52.5 Å². The number of rotatable bonds is 9. The molecule has 0 bridgehead atoms. The first-order valence-corrected chi connectivity index (χ1v) is 12.2. The van der Waals surface area contributed by atoms with Crippen molar-refractivity contribution in [1.29, 1.82) is 0 Å². The maximum atomic E-state index is 12.0. The minimum atomic E-state index is -3.09. The van der Waals surface area contributed by atoms with Crippen LogP contribution in [-0.2, 0) is 10.0 Å². The van der Waals surface area contributed by atoms with Crippen LogP contribution in [0.1, 0.15) is 52.0 Å². The fourth-order valence-electron chi connectivity index (χ4n) is 3.38. The molecule has 0 aliphatic carbocycles. The van der Waals surface area contributed by atoms with Crippen LogP contribution in [0.5, 0.6) is 5.75 Å². The van der Waals surface area contributed by atoms with Gasteiger partial charge in [-0.05, 0) is 44.2 Å². The van der Waals surface area contributed by atoms with Gasteiger partial charge in [0, 0.05) is 25.7 Å². The quantitative estimate of drug-likeness (QED) is 0.362. The Hall–Kier alpha value is -1.80. The molecule has 0 atom stereocenters. The van der Waals surface area contributed by atoms with Crippen molar-refractivity contribution in [2.24, 2.45) is 4.99 Å². The molecule has 1 aromatic rings. The second-order valence-electron chi connectivity index (χ2n) is 7.52. The standard InChI is InChI=1S/C21H36N4O3S/c1-5-22-21(24-18-11-14-25(15-12-18)29(26,27)6-2)23-13-16-28-20-10-8-7-9-19(20)17(3)4/h7-10,17-18H,5-6,11-16H2,1-4H3,(H2,22,23,24). The highest BCUT2D eigenvalue weighted by atomic mass is 32.2. The van der Waals surface area contributed by atoms with E-state index in [4.69, 9.17) is 4.74 Å². The number of ether oxygens (including phenoxy) is 1. The van der Waals surface area contributed by atoms with Crippen molar-refractivity contribution in [2.75, 3.05) is 38.5 Å². The lowest BCUT2D eigenvalue weighted by atomic mass is 10.0. The van der Waals surface area contributed by atoms with Gasteiger partial charge in [-0.1, -0.05) is 32.0 Å². The summed E-state index contributed by atoms with van der Waals surface area (Å²) in [6.45, 7) is 11.0. The lowest BCUT2D eigenvalue weighted by molar-refractivity contribution is 0.305. The third kappa shape index (κ3) is 7.19. The smallest absolute Gasteiger partial charge is 0.213 e. The van der Waals surface area contributed by atoms with E-state index in [1.807, 2.05) is 25.1 Å². The molecule has 0 unspecified atom stereocenters. The van der Waals surface area contributed by atoms with Crippen LogP contribution in [0.25, 0.3) is 0 Å². The first-order valence-electron chi connectivity index (χ1n) is 10.6. The Morgan fingerprint density at radius 1 is 1.24 bits per heavy atom. The van der Waals surface area contributed by atoms with Crippen molar-refractivity contribution in [1.82, 2.24) is 14.9 Å². The summed E-state index contributed by atoms with van der Waals surface area (Å²) in [5.74, 6) is 2.25. The molecule has 164 valence electrons. The highest BCUT2D eigenvalue weighted by Gasteiger charge is 2.26. The second kappa shape index (κ2) is 11.4. The Kier molecular flexibility index (Phi) is 9.23. The zero-order chi connectivity index (χ0) is 21.3. The van der Waals surface area contributed by atoms with Gasteiger partial charge in [-0.3, -0.25) is 0 Å². The molecule has 0 spiro atoms. The maximum absolute atomic E-state index is 12.0. The van der Waals surface area contributed by atoms with Crippen LogP contribution in [0, 0.1) is 0 Å². The highest BCUT2D eigenvalue weighted by Crippen LogP contribution is 2.25. The number of hydrogen-bond acceptors (Lipinski definition) is 4. The summed E-state index contributed by atoms with van der Waals surface area (Å²) >= 11 is 0. The number of nitrogens with one attached hydrogen (secondary N) is 2. The Balaban J connectivity index is 1.85. The minimum absolute atomic E-state index is 0.162. The third-order valence-electron chi connectivity index (χ3n) is 5.06. The fraction of sp³-hybridized carbons (Fsp3) is 0.667. The van der Waals surface area contributed by atoms with Crippen molar-refractivity contribution in [3.8, 4) is 5.75 Å². The average molecular weight is 425 g/mol. The lowest BCUT2D eigenvalue weighted by Gasteiger charge is -2.32. The summed E-state index contributed by atoms with van der Waals surface area (Å²) in [5.41, 5.74) is 1.20. The van der Waals surface area contributed by atoms with Gasteiger partial charge >= 0.3 is 0 Å². The van der Waals surface area contributed by atoms with E-state index < -0.39 is 10.0 Å². The van der Waals surface area contributed by atoms with Crippen molar-refractivity contribution < 1.29 is 13.2 Å². The molecule has 2 N–H and O–H groups in total. The summed E-state index contributed by atoms with van der Waals surface area (Å²) in [6, 6.07) is 8.34. The van der Waals surface area contributed by atoms with Gasteiger partial charge in [-0.15, -0.1) is 0 Å². The van der Waals surface area contributed by atoms with Crippen molar-refractivity contribution >= 4 is 16.0 Å². The molecule has 1 heterocycles. The molecule has 0 radical (unpaired) electrons. The number of nitrogens with zero attached hydrogens (tertiary/aromatic N) is 2. The average Bonchev–Trinajstić information content (AvgIpc) is 2.72. The Labute approximate surface area is 176 Å². The molecule has 1 aliphatic rings. The maximum Gasteiger partial charge on any atom is 0.213 e. The van der Waals surface area contributed by atoms with Gasteiger partial charge in [0.15, 0.2) is 5.96 Å². The predicted octanol–water partition coefficient (Wildman–Crippen LogP) is 2.56. The Morgan fingerprint density at radius 3 is 2.55 bits per heavy atom. The molecule has 29 heavy (non-hydrogen) atoms. The molecule has 2 rings (SSSR count). The molecule has 0 amide bonds. The first-order chi connectivity index (χ1) is 13.9. The Bertz CT molecular complexity index is 757. The van der Waals surface area contributed by atoms with Gasteiger partial charge in [0.1, 0.15) is 12.4 Å². The van der Waals surface area contributed by atoms with Gasteiger partial charge in [-0.25, -0.2) is 17.7 Å². The molecular weight excluding hydrogens is 388 g/mol. The first kappa shape index (κ1) is 23.5. The number of benzene rings is 1. The largest absolute Gasteiger partial charge is 0.491 e. The highest BCUT2D eigenvalue weighted by molar-refractivity contribution is 7.89. The normalized spacial score (nSPS) is 16.8. The summed E-state index contributed by atoms with van der Waals surface area (Å²) in [5, 5.41) is 6.70. The van der Waals surface area contributed by atoms with E-state index in [2.05, 4.69) is 35.5 Å². The van der Waals surface area contributed by atoms with Crippen LogP contribution in [0.3, 0.4) is 0 Å². The Morgan fingerprint density at radius 2 is 1.93 bits per heavy atom. The number of guanidine groups is 1. The topological polar surface area (TPSA) is 83.0 Å². The van der Waals surface area contributed by atoms with Gasteiger partial charge < -0.3 is 15.4 Å². The van der Waals surface area contributed by atoms with Crippen LogP contribution in [0.15, 0.2) is 29.3 Å². The zero-order valence-corrected chi connectivity index (χ0v) is 19.0. The van der Waals surface area contributed by atoms with Gasteiger partial charge in [-0.2, -0.15) is 0 Å². The molecule has 0 aromatic heterocycles. The number of piperidine rings is 1. The second-order valence-corrected chi connectivity index (χ2v) is 9.78. The van der Waals surface area contributed by atoms with E-state index in [0.717, 1.165) is 31.1 Å². The van der Waals surface area contributed by atoms with Crippen molar-refractivity contribution in [3.63, 3.8) is 0 Å². The van der Waals surface area contributed by atoms with E-state index in [1.54, 1.807) is 11.2 Å². The van der Waals surface area contributed by atoms with E-state index >= 15 is 0 Å². The summed E-state index contributed by atoms with van der Waals surface area (Å²) in [7, 11) is -3.09. The van der Waals surface area contributed by atoms with Crippen molar-refractivity contribution in [3.05, 3.63) is 29.8 Å². The zero-order valence-electron chi connectivity index (χ0n) is 18.1. The number of sulfonamides is 1. The third-order valence-corrected chi connectivity index (χ3v) is 6.94. The SMILES string of the molecule is CCNC(=NCCOc1ccccc1C(C)C)NC1CCN(S(=O)(=O)CC)CC1. The summed E-state index contributed by atoms with van der Waals surface area (Å²) < 4.78 is 31.5. The van der Waals surface area contributed by atoms with Gasteiger partial charge in [0.2, 0.25) is 10.0 Å². The molecule has 1 saturated heterocycles.